The van der Waals surface area contributed by atoms with Gasteiger partial charge in [0, 0.05) is 5.56 Å². The number of aryl methyl sites for hydroxylation is 1. The Morgan fingerprint density at radius 3 is 2.38 bits per heavy atom. The highest BCUT2D eigenvalue weighted by Crippen LogP contribution is 2.17. The summed E-state index contributed by atoms with van der Waals surface area (Å²) in [6.07, 6.45) is 0. The molecule has 1 aromatic carbocycles. The molecule has 0 aliphatic rings. The van der Waals surface area contributed by atoms with Gasteiger partial charge < -0.3 is 5.73 Å². The maximum absolute atomic E-state index is 11.0. The molecule has 0 spiro atoms. The topological polar surface area (TPSA) is 43.1 Å². The number of primary amides is 1. The standard InChI is InChI=1S/C11H15NO/c1-7(2)9-4-8(3)5-10(6-9)11(12)13/h4-7H,1-3H3,(H2,12,13). The zero-order chi connectivity index (χ0) is 10.0. The van der Waals surface area contributed by atoms with Crippen LogP contribution in [0, 0.1) is 6.92 Å². The van der Waals surface area contributed by atoms with Crippen molar-refractivity contribution in [3.63, 3.8) is 0 Å². The molecule has 0 aliphatic heterocycles. The molecule has 1 aromatic rings. The van der Waals surface area contributed by atoms with Crippen LogP contribution in [0.3, 0.4) is 0 Å². The zero-order valence-corrected chi connectivity index (χ0v) is 8.29. The van der Waals surface area contributed by atoms with Gasteiger partial charge in [0.05, 0.1) is 0 Å². The number of amides is 1. The number of hydrogen-bond acceptors (Lipinski definition) is 1. The molecular formula is C11H15NO. The summed E-state index contributed by atoms with van der Waals surface area (Å²) >= 11 is 0. The Hall–Kier alpha value is -1.31. The van der Waals surface area contributed by atoms with Crippen molar-refractivity contribution in [2.45, 2.75) is 26.7 Å². The lowest BCUT2D eigenvalue weighted by atomic mass is 9.98. The molecule has 2 nitrogen and oxygen atoms in total. The smallest absolute Gasteiger partial charge is 0.248 e. The van der Waals surface area contributed by atoms with Gasteiger partial charge in [-0.2, -0.15) is 0 Å². The van der Waals surface area contributed by atoms with Crippen LogP contribution in [0.25, 0.3) is 0 Å². The molecule has 0 radical (unpaired) electrons. The number of nitrogens with two attached hydrogens (primary N) is 1. The van der Waals surface area contributed by atoms with E-state index in [1.807, 2.05) is 19.1 Å². The number of carbonyl (C=O) groups excluding carboxylic acids is 1. The predicted octanol–water partition coefficient (Wildman–Crippen LogP) is 2.22. The molecule has 1 amide bonds. The fourth-order valence-electron chi connectivity index (χ4n) is 1.29. The third kappa shape index (κ3) is 2.31. The molecule has 0 saturated heterocycles. The normalized spacial score (nSPS) is 10.5. The number of rotatable bonds is 2. The van der Waals surface area contributed by atoms with E-state index < -0.39 is 0 Å². The van der Waals surface area contributed by atoms with Crippen molar-refractivity contribution in [2.24, 2.45) is 5.73 Å². The summed E-state index contributed by atoms with van der Waals surface area (Å²) in [5.41, 5.74) is 8.06. The van der Waals surface area contributed by atoms with Crippen LogP contribution in [0.15, 0.2) is 18.2 Å². The van der Waals surface area contributed by atoms with Gasteiger partial charge in [-0.3, -0.25) is 4.79 Å². The van der Waals surface area contributed by atoms with E-state index in [4.69, 9.17) is 5.73 Å². The number of hydrogen-bond donors (Lipinski definition) is 1. The molecule has 1 rings (SSSR count). The van der Waals surface area contributed by atoms with Crippen LogP contribution in [0.4, 0.5) is 0 Å². The van der Waals surface area contributed by atoms with E-state index in [1.54, 1.807) is 0 Å². The van der Waals surface area contributed by atoms with Gasteiger partial charge in [-0.05, 0) is 30.5 Å². The van der Waals surface area contributed by atoms with Gasteiger partial charge in [0.25, 0.3) is 0 Å². The Morgan fingerprint density at radius 2 is 1.92 bits per heavy atom. The summed E-state index contributed by atoms with van der Waals surface area (Å²) in [6.45, 7) is 6.16. The largest absolute Gasteiger partial charge is 0.366 e. The first-order valence-corrected chi connectivity index (χ1v) is 4.42. The lowest BCUT2D eigenvalue weighted by Crippen LogP contribution is -2.11. The lowest BCUT2D eigenvalue weighted by molar-refractivity contribution is 0.1000. The molecule has 0 bridgehead atoms. The summed E-state index contributed by atoms with van der Waals surface area (Å²) in [6, 6.07) is 5.76. The van der Waals surface area contributed by atoms with E-state index >= 15 is 0 Å². The van der Waals surface area contributed by atoms with Crippen LogP contribution in [-0.4, -0.2) is 5.91 Å². The van der Waals surface area contributed by atoms with Gasteiger partial charge in [-0.15, -0.1) is 0 Å². The van der Waals surface area contributed by atoms with Crippen molar-refractivity contribution in [1.29, 1.82) is 0 Å². The number of benzene rings is 1. The maximum Gasteiger partial charge on any atom is 0.248 e. The lowest BCUT2D eigenvalue weighted by Gasteiger charge is -2.08. The quantitative estimate of drug-likeness (QED) is 0.739. The van der Waals surface area contributed by atoms with E-state index in [-0.39, 0.29) is 5.91 Å². The van der Waals surface area contributed by atoms with Crippen molar-refractivity contribution < 1.29 is 4.79 Å². The first-order valence-electron chi connectivity index (χ1n) is 4.42. The molecule has 0 aromatic heterocycles. The Kier molecular flexibility index (Phi) is 2.71. The average molecular weight is 177 g/mol. The second kappa shape index (κ2) is 3.60. The van der Waals surface area contributed by atoms with Crippen molar-refractivity contribution >= 4 is 5.91 Å². The molecule has 0 atom stereocenters. The fraction of sp³-hybridized carbons (Fsp3) is 0.364. The van der Waals surface area contributed by atoms with Crippen molar-refractivity contribution in [2.75, 3.05) is 0 Å². The highest BCUT2D eigenvalue weighted by Gasteiger charge is 2.05. The van der Waals surface area contributed by atoms with Gasteiger partial charge in [0.15, 0.2) is 0 Å². The minimum atomic E-state index is -0.356. The monoisotopic (exact) mass is 177 g/mol. The molecule has 0 saturated carbocycles. The van der Waals surface area contributed by atoms with Gasteiger partial charge in [0.2, 0.25) is 5.91 Å². The van der Waals surface area contributed by atoms with Crippen LogP contribution in [-0.2, 0) is 0 Å². The Morgan fingerprint density at radius 1 is 1.31 bits per heavy atom. The third-order valence-electron chi connectivity index (χ3n) is 2.05. The van der Waals surface area contributed by atoms with E-state index in [0.29, 0.717) is 11.5 Å². The van der Waals surface area contributed by atoms with Gasteiger partial charge in [-0.25, -0.2) is 0 Å². The first kappa shape index (κ1) is 9.78. The summed E-state index contributed by atoms with van der Waals surface area (Å²) < 4.78 is 0. The SMILES string of the molecule is Cc1cc(C(N)=O)cc(C(C)C)c1. The van der Waals surface area contributed by atoms with E-state index in [2.05, 4.69) is 19.9 Å². The molecule has 0 heterocycles. The minimum absolute atomic E-state index is 0.356. The molecule has 0 aliphatic carbocycles. The van der Waals surface area contributed by atoms with Gasteiger partial charge in [0.1, 0.15) is 0 Å². The highest BCUT2D eigenvalue weighted by molar-refractivity contribution is 5.93. The molecule has 0 unspecified atom stereocenters. The van der Waals surface area contributed by atoms with E-state index in [9.17, 15) is 4.79 Å². The van der Waals surface area contributed by atoms with Crippen molar-refractivity contribution in [1.82, 2.24) is 0 Å². The van der Waals surface area contributed by atoms with E-state index in [1.165, 1.54) is 0 Å². The Balaban J connectivity index is 3.19. The third-order valence-corrected chi connectivity index (χ3v) is 2.05. The summed E-state index contributed by atoms with van der Waals surface area (Å²) in [5, 5.41) is 0. The van der Waals surface area contributed by atoms with Gasteiger partial charge >= 0.3 is 0 Å². The first-order chi connectivity index (χ1) is 6.00. The fourth-order valence-corrected chi connectivity index (χ4v) is 1.29. The Labute approximate surface area is 78.8 Å². The molecule has 70 valence electrons. The minimum Gasteiger partial charge on any atom is -0.366 e. The number of carbonyl (C=O) groups is 1. The predicted molar refractivity (Wildman–Crippen MR) is 53.8 cm³/mol. The molecular weight excluding hydrogens is 162 g/mol. The van der Waals surface area contributed by atoms with Crippen LogP contribution in [0.2, 0.25) is 0 Å². The molecule has 13 heavy (non-hydrogen) atoms. The maximum atomic E-state index is 11.0. The van der Waals surface area contributed by atoms with Crippen LogP contribution >= 0.6 is 0 Å². The van der Waals surface area contributed by atoms with Crippen molar-refractivity contribution in [3.05, 3.63) is 34.9 Å². The molecule has 0 fully saturated rings. The zero-order valence-electron chi connectivity index (χ0n) is 8.29. The van der Waals surface area contributed by atoms with Crippen LogP contribution in [0.1, 0.15) is 41.3 Å². The van der Waals surface area contributed by atoms with Gasteiger partial charge in [-0.1, -0.05) is 25.5 Å². The summed E-state index contributed by atoms with van der Waals surface area (Å²) in [7, 11) is 0. The average Bonchev–Trinajstić information content (AvgIpc) is 2.03. The van der Waals surface area contributed by atoms with Crippen LogP contribution in [0.5, 0.6) is 0 Å². The summed E-state index contributed by atoms with van der Waals surface area (Å²) in [4.78, 5) is 11.0. The summed E-state index contributed by atoms with van der Waals surface area (Å²) in [5.74, 6) is 0.0728. The van der Waals surface area contributed by atoms with Crippen molar-refractivity contribution in [3.8, 4) is 0 Å². The van der Waals surface area contributed by atoms with E-state index in [0.717, 1.165) is 11.1 Å². The van der Waals surface area contributed by atoms with Crippen LogP contribution < -0.4 is 5.73 Å². The second-order valence-electron chi connectivity index (χ2n) is 3.65. The highest BCUT2D eigenvalue weighted by atomic mass is 16.1. The molecule has 2 N–H and O–H groups in total. The molecule has 2 heteroatoms. The Bertz CT molecular complexity index is 329. The second-order valence-corrected chi connectivity index (χ2v) is 3.65.